The van der Waals surface area contributed by atoms with Gasteiger partial charge in [0.15, 0.2) is 0 Å². The number of aryl methyl sites for hydroxylation is 2. The molecule has 1 N–H and O–H groups in total. The van der Waals surface area contributed by atoms with Crippen molar-refractivity contribution in [2.45, 2.75) is 64.6 Å². The Kier molecular flexibility index (Phi) is 9.86. The van der Waals surface area contributed by atoms with Gasteiger partial charge < -0.3 is 10.2 Å². The average molecular weight is 554 g/mol. The van der Waals surface area contributed by atoms with Gasteiger partial charge in [-0.2, -0.15) is 0 Å². The van der Waals surface area contributed by atoms with E-state index in [4.69, 9.17) is 0 Å². The average Bonchev–Trinajstić information content (AvgIpc) is 2.91. The van der Waals surface area contributed by atoms with E-state index in [1.165, 1.54) is 29.2 Å². The molecule has 0 aromatic heterocycles. The minimum absolute atomic E-state index is 0.0287. The second kappa shape index (κ2) is 12.9. The van der Waals surface area contributed by atoms with Crippen LogP contribution in [0.25, 0.3) is 0 Å². The quantitative estimate of drug-likeness (QED) is 0.363. The predicted molar refractivity (Wildman–Crippen MR) is 151 cm³/mol. The maximum absolute atomic E-state index is 14.6. The van der Waals surface area contributed by atoms with Crippen LogP contribution in [0.1, 0.15) is 43.9 Å². The Morgan fingerprint density at radius 1 is 0.949 bits per heavy atom. The monoisotopic (exact) mass is 553 g/mol. The summed E-state index contributed by atoms with van der Waals surface area (Å²) < 4.78 is 43.4. The first-order chi connectivity index (χ1) is 18.4. The van der Waals surface area contributed by atoms with E-state index < -0.39 is 40.2 Å². The Bertz CT molecular complexity index is 1410. The second-order valence-electron chi connectivity index (χ2n) is 9.72. The summed E-state index contributed by atoms with van der Waals surface area (Å²) in [6.45, 7) is 8.23. The first-order valence-corrected chi connectivity index (χ1v) is 14.4. The summed E-state index contributed by atoms with van der Waals surface area (Å²) in [5, 5.41) is 2.86. The molecule has 0 bridgehead atoms. The van der Waals surface area contributed by atoms with E-state index in [2.05, 4.69) is 5.32 Å². The summed E-state index contributed by atoms with van der Waals surface area (Å²) in [5.41, 5.74) is 2.18. The molecule has 2 atom stereocenters. The molecule has 0 saturated carbocycles. The molecule has 3 aromatic carbocycles. The SMILES string of the molecule is CC[C@H](C)NC(=O)[C@@H](C)N(Cc1ccccc1F)C(=O)CN(c1ccc(C)cc1C)S(=O)(=O)c1ccccc1. The molecular weight excluding hydrogens is 517 g/mol. The topological polar surface area (TPSA) is 86.8 Å². The van der Waals surface area contributed by atoms with Crippen molar-refractivity contribution >= 4 is 27.5 Å². The number of anilines is 1. The van der Waals surface area contributed by atoms with Gasteiger partial charge in [0.1, 0.15) is 18.4 Å². The Labute approximate surface area is 230 Å². The van der Waals surface area contributed by atoms with Gasteiger partial charge >= 0.3 is 0 Å². The van der Waals surface area contributed by atoms with E-state index in [0.717, 1.165) is 9.87 Å². The zero-order valence-corrected chi connectivity index (χ0v) is 23.8. The lowest BCUT2D eigenvalue weighted by Gasteiger charge is -2.33. The van der Waals surface area contributed by atoms with Gasteiger partial charge in [0.2, 0.25) is 11.8 Å². The van der Waals surface area contributed by atoms with Crippen LogP contribution in [-0.2, 0) is 26.2 Å². The molecule has 2 amide bonds. The number of benzene rings is 3. The van der Waals surface area contributed by atoms with Crippen LogP contribution in [0.2, 0.25) is 0 Å². The van der Waals surface area contributed by atoms with Crippen LogP contribution in [0.5, 0.6) is 0 Å². The molecule has 3 rings (SSSR count). The van der Waals surface area contributed by atoms with Crippen molar-refractivity contribution in [2.75, 3.05) is 10.8 Å². The standard InChI is InChI=1S/C30H36FN3O4S/c1-6-23(4)32-30(36)24(5)33(19-25-12-10-11-15-27(25)31)29(35)20-34(28-17-16-21(2)18-22(28)3)39(37,38)26-13-8-7-9-14-26/h7-18,23-24H,6,19-20H2,1-5H3,(H,32,36)/t23-,24+/m0/s1. The number of nitrogens with zero attached hydrogens (tertiary/aromatic N) is 2. The summed E-state index contributed by atoms with van der Waals surface area (Å²) in [6, 6.07) is 18.0. The molecule has 0 saturated heterocycles. The lowest BCUT2D eigenvalue weighted by Crippen LogP contribution is -2.52. The first kappa shape index (κ1) is 29.8. The van der Waals surface area contributed by atoms with Crippen molar-refractivity contribution in [1.82, 2.24) is 10.2 Å². The fraction of sp³-hybridized carbons (Fsp3) is 0.333. The van der Waals surface area contributed by atoms with Crippen molar-refractivity contribution in [3.8, 4) is 0 Å². The van der Waals surface area contributed by atoms with Crippen LogP contribution in [-0.4, -0.2) is 43.8 Å². The van der Waals surface area contributed by atoms with Crippen molar-refractivity contribution < 1.29 is 22.4 Å². The highest BCUT2D eigenvalue weighted by atomic mass is 32.2. The highest BCUT2D eigenvalue weighted by Gasteiger charge is 2.33. The normalized spacial score (nSPS) is 12.9. The van der Waals surface area contributed by atoms with Crippen LogP contribution in [0, 0.1) is 19.7 Å². The molecule has 3 aromatic rings. The number of rotatable bonds is 11. The zero-order chi connectivity index (χ0) is 28.7. The smallest absolute Gasteiger partial charge is 0.264 e. The van der Waals surface area contributed by atoms with Gasteiger partial charge in [0.25, 0.3) is 10.0 Å². The molecule has 208 valence electrons. The molecule has 0 heterocycles. The van der Waals surface area contributed by atoms with Crippen LogP contribution in [0.4, 0.5) is 10.1 Å². The van der Waals surface area contributed by atoms with Crippen molar-refractivity contribution in [3.05, 3.63) is 95.3 Å². The number of nitrogens with one attached hydrogen (secondary N) is 1. The summed E-state index contributed by atoms with van der Waals surface area (Å²) in [7, 11) is -4.16. The van der Waals surface area contributed by atoms with E-state index in [1.54, 1.807) is 56.3 Å². The number of carbonyl (C=O) groups is 2. The maximum atomic E-state index is 14.6. The minimum Gasteiger partial charge on any atom is -0.352 e. The highest BCUT2D eigenvalue weighted by molar-refractivity contribution is 7.92. The molecule has 7 nitrogen and oxygen atoms in total. The molecule has 0 spiro atoms. The number of sulfonamides is 1. The largest absolute Gasteiger partial charge is 0.352 e. The third kappa shape index (κ3) is 7.23. The number of halogens is 1. The van der Waals surface area contributed by atoms with Crippen molar-refractivity contribution in [1.29, 1.82) is 0 Å². The number of carbonyl (C=O) groups excluding carboxylic acids is 2. The molecule has 0 unspecified atom stereocenters. The van der Waals surface area contributed by atoms with Crippen LogP contribution >= 0.6 is 0 Å². The number of amides is 2. The van der Waals surface area contributed by atoms with Gasteiger partial charge in [-0.05, 0) is 63.9 Å². The molecule has 0 aliphatic carbocycles. The van der Waals surface area contributed by atoms with Crippen LogP contribution in [0.15, 0.2) is 77.7 Å². The molecule has 39 heavy (non-hydrogen) atoms. The van der Waals surface area contributed by atoms with Crippen LogP contribution < -0.4 is 9.62 Å². The van der Waals surface area contributed by atoms with Gasteiger partial charge in [0.05, 0.1) is 10.6 Å². The Hall–Kier alpha value is -3.72. The Morgan fingerprint density at radius 2 is 1.59 bits per heavy atom. The summed E-state index contributed by atoms with van der Waals surface area (Å²) >= 11 is 0. The molecule has 0 aliphatic heterocycles. The lowest BCUT2D eigenvalue weighted by atomic mass is 10.1. The number of hydrogen-bond acceptors (Lipinski definition) is 4. The summed E-state index contributed by atoms with van der Waals surface area (Å²) in [5.74, 6) is -1.56. The Morgan fingerprint density at radius 3 is 2.21 bits per heavy atom. The zero-order valence-electron chi connectivity index (χ0n) is 23.0. The van der Waals surface area contributed by atoms with Gasteiger partial charge in [-0.15, -0.1) is 0 Å². The second-order valence-corrected chi connectivity index (χ2v) is 11.6. The van der Waals surface area contributed by atoms with Crippen molar-refractivity contribution in [2.24, 2.45) is 0 Å². The third-order valence-corrected chi connectivity index (χ3v) is 8.47. The van der Waals surface area contributed by atoms with Gasteiger partial charge in [0, 0.05) is 18.2 Å². The molecular formula is C30H36FN3O4S. The molecule has 0 aliphatic rings. The molecule has 0 fully saturated rings. The fourth-order valence-electron chi connectivity index (χ4n) is 4.18. The highest BCUT2D eigenvalue weighted by Crippen LogP contribution is 2.28. The fourth-order valence-corrected chi connectivity index (χ4v) is 5.68. The molecule has 9 heteroatoms. The van der Waals surface area contributed by atoms with E-state index in [-0.39, 0.29) is 23.0 Å². The Balaban J connectivity index is 2.06. The van der Waals surface area contributed by atoms with Crippen molar-refractivity contribution in [3.63, 3.8) is 0 Å². The maximum Gasteiger partial charge on any atom is 0.264 e. The van der Waals surface area contributed by atoms with Gasteiger partial charge in [-0.1, -0.05) is 61.0 Å². The van der Waals surface area contributed by atoms with E-state index in [0.29, 0.717) is 17.7 Å². The number of hydrogen-bond donors (Lipinski definition) is 1. The van der Waals surface area contributed by atoms with E-state index >= 15 is 0 Å². The third-order valence-electron chi connectivity index (χ3n) is 6.70. The summed E-state index contributed by atoms with van der Waals surface area (Å²) in [6.07, 6.45) is 0.690. The van der Waals surface area contributed by atoms with E-state index in [1.807, 2.05) is 26.8 Å². The van der Waals surface area contributed by atoms with Gasteiger partial charge in [-0.25, -0.2) is 12.8 Å². The lowest BCUT2D eigenvalue weighted by molar-refractivity contribution is -0.139. The summed E-state index contributed by atoms with van der Waals surface area (Å²) in [4.78, 5) is 28.2. The van der Waals surface area contributed by atoms with Gasteiger partial charge in [-0.3, -0.25) is 13.9 Å². The first-order valence-electron chi connectivity index (χ1n) is 12.9. The minimum atomic E-state index is -4.16. The van der Waals surface area contributed by atoms with E-state index in [9.17, 15) is 22.4 Å². The predicted octanol–water partition coefficient (Wildman–Crippen LogP) is 4.97. The molecule has 0 radical (unpaired) electrons. The van der Waals surface area contributed by atoms with Crippen LogP contribution in [0.3, 0.4) is 0 Å².